The molecular formula is C17H24N2O2. The largest absolute Gasteiger partial charge is 0.493 e. The van der Waals surface area contributed by atoms with Crippen LogP contribution >= 0.6 is 0 Å². The van der Waals surface area contributed by atoms with Crippen LogP contribution in [0.25, 0.3) is 6.08 Å². The molecule has 0 saturated carbocycles. The third-order valence-electron chi connectivity index (χ3n) is 3.26. The van der Waals surface area contributed by atoms with Gasteiger partial charge in [-0.25, -0.2) is 0 Å². The van der Waals surface area contributed by atoms with Gasteiger partial charge in [-0.05, 0) is 44.5 Å². The van der Waals surface area contributed by atoms with Gasteiger partial charge in [-0.2, -0.15) is 5.26 Å². The van der Waals surface area contributed by atoms with Crippen molar-refractivity contribution < 1.29 is 9.47 Å². The summed E-state index contributed by atoms with van der Waals surface area (Å²) in [4.78, 5) is 0. The lowest BCUT2D eigenvalue weighted by Gasteiger charge is -2.14. The molecule has 0 heterocycles. The van der Waals surface area contributed by atoms with Gasteiger partial charge in [-0.1, -0.05) is 24.6 Å². The third kappa shape index (κ3) is 5.49. The van der Waals surface area contributed by atoms with E-state index in [-0.39, 0.29) is 6.61 Å². The summed E-state index contributed by atoms with van der Waals surface area (Å²) < 4.78 is 10.6. The van der Waals surface area contributed by atoms with Crippen LogP contribution in [0, 0.1) is 11.3 Å². The summed E-state index contributed by atoms with van der Waals surface area (Å²) in [5, 5.41) is 12.0. The van der Waals surface area contributed by atoms with Crippen LogP contribution in [0.4, 0.5) is 0 Å². The molecule has 0 fully saturated rings. The van der Waals surface area contributed by atoms with E-state index >= 15 is 0 Å². The molecule has 1 rings (SSSR count). The van der Waals surface area contributed by atoms with Gasteiger partial charge in [0, 0.05) is 6.04 Å². The summed E-state index contributed by atoms with van der Waals surface area (Å²) in [6.07, 6.45) is 3.25. The molecule has 0 amide bonds. The van der Waals surface area contributed by atoms with E-state index in [1.165, 1.54) is 5.57 Å². The number of nitriles is 1. The molecule has 1 N–H and O–H groups in total. The highest BCUT2D eigenvalue weighted by atomic mass is 16.5. The molecular weight excluding hydrogens is 264 g/mol. The SMILES string of the molecule is CCCNC(C)/C(C)=C/c1ccc(OCC#N)c(OC)c1. The van der Waals surface area contributed by atoms with Gasteiger partial charge >= 0.3 is 0 Å². The van der Waals surface area contributed by atoms with Crippen LogP contribution in [0.1, 0.15) is 32.8 Å². The van der Waals surface area contributed by atoms with Crippen molar-refractivity contribution in [2.24, 2.45) is 0 Å². The Morgan fingerprint density at radius 1 is 1.43 bits per heavy atom. The molecule has 21 heavy (non-hydrogen) atoms. The minimum atomic E-state index is 0.0164. The first kappa shape index (κ1) is 17.1. The van der Waals surface area contributed by atoms with E-state index in [1.54, 1.807) is 7.11 Å². The highest BCUT2D eigenvalue weighted by Gasteiger charge is 2.07. The summed E-state index contributed by atoms with van der Waals surface area (Å²) in [6.45, 7) is 7.45. The minimum Gasteiger partial charge on any atom is -0.493 e. The number of hydrogen-bond acceptors (Lipinski definition) is 4. The quantitative estimate of drug-likeness (QED) is 0.796. The number of ether oxygens (including phenoxy) is 2. The van der Waals surface area contributed by atoms with Gasteiger partial charge in [0.15, 0.2) is 18.1 Å². The van der Waals surface area contributed by atoms with Crippen LogP contribution in [-0.4, -0.2) is 26.3 Å². The maximum atomic E-state index is 8.56. The monoisotopic (exact) mass is 288 g/mol. The maximum Gasteiger partial charge on any atom is 0.174 e. The van der Waals surface area contributed by atoms with Gasteiger partial charge in [0.2, 0.25) is 0 Å². The van der Waals surface area contributed by atoms with Crippen LogP contribution in [0.3, 0.4) is 0 Å². The van der Waals surface area contributed by atoms with E-state index in [0.29, 0.717) is 17.5 Å². The topological polar surface area (TPSA) is 54.3 Å². The summed E-state index contributed by atoms with van der Waals surface area (Å²) in [6, 6.07) is 8.00. The molecule has 4 heteroatoms. The Kier molecular flexibility index (Phi) is 7.34. The number of nitrogens with zero attached hydrogens (tertiary/aromatic N) is 1. The van der Waals surface area contributed by atoms with Crippen molar-refractivity contribution in [1.82, 2.24) is 5.32 Å². The molecule has 4 nitrogen and oxygen atoms in total. The number of rotatable bonds is 8. The summed E-state index contributed by atoms with van der Waals surface area (Å²) >= 11 is 0. The Morgan fingerprint density at radius 3 is 2.81 bits per heavy atom. The number of methoxy groups -OCH3 is 1. The van der Waals surface area contributed by atoms with Gasteiger partial charge in [0.05, 0.1) is 7.11 Å². The molecule has 0 radical (unpaired) electrons. The fourth-order valence-corrected chi connectivity index (χ4v) is 1.91. The first-order valence-electron chi connectivity index (χ1n) is 7.21. The summed E-state index contributed by atoms with van der Waals surface area (Å²) in [5.41, 5.74) is 2.31. The number of benzene rings is 1. The number of nitrogens with one attached hydrogen (secondary N) is 1. The Labute approximate surface area is 127 Å². The Bertz CT molecular complexity index is 518. The zero-order valence-corrected chi connectivity index (χ0v) is 13.3. The second-order valence-corrected chi connectivity index (χ2v) is 4.92. The fourth-order valence-electron chi connectivity index (χ4n) is 1.91. The Balaban J connectivity index is 2.86. The molecule has 1 aromatic rings. The first-order valence-corrected chi connectivity index (χ1v) is 7.21. The first-order chi connectivity index (χ1) is 10.1. The van der Waals surface area contributed by atoms with Crippen molar-refractivity contribution in [2.45, 2.75) is 33.2 Å². The molecule has 0 saturated heterocycles. The Hall–Kier alpha value is -1.99. The van der Waals surface area contributed by atoms with E-state index in [2.05, 4.69) is 32.2 Å². The highest BCUT2D eigenvalue weighted by molar-refractivity contribution is 5.58. The van der Waals surface area contributed by atoms with Gasteiger partial charge in [-0.3, -0.25) is 0 Å². The van der Waals surface area contributed by atoms with Crippen molar-refractivity contribution in [3.63, 3.8) is 0 Å². The van der Waals surface area contributed by atoms with Crippen LogP contribution in [-0.2, 0) is 0 Å². The average molecular weight is 288 g/mol. The van der Waals surface area contributed by atoms with Gasteiger partial charge in [0.25, 0.3) is 0 Å². The molecule has 0 aliphatic heterocycles. The van der Waals surface area contributed by atoms with Crippen molar-refractivity contribution in [1.29, 1.82) is 5.26 Å². The lowest BCUT2D eigenvalue weighted by Crippen LogP contribution is -2.27. The Morgan fingerprint density at radius 2 is 2.19 bits per heavy atom. The van der Waals surface area contributed by atoms with Crippen LogP contribution in [0.2, 0.25) is 0 Å². The third-order valence-corrected chi connectivity index (χ3v) is 3.26. The molecule has 0 spiro atoms. The molecule has 1 unspecified atom stereocenters. The van der Waals surface area contributed by atoms with E-state index < -0.39 is 0 Å². The van der Waals surface area contributed by atoms with E-state index in [4.69, 9.17) is 14.7 Å². The summed E-state index contributed by atoms with van der Waals surface area (Å²) in [5.74, 6) is 1.23. The predicted molar refractivity (Wildman–Crippen MR) is 85.5 cm³/mol. The standard InChI is InChI=1S/C17H24N2O2/c1-5-9-19-14(3)13(2)11-15-6-7-16(21-10-8-18)17(12-15)20-4/h6-7,11-12,14,19H,5,9-10H2,1-4H3/b13-11+. The van der Waals surface area contributed by atoms with E-state index in [9.17, 15) is 0 Å². The molecule has 1 atom stereocenters. The van der Waals surface area contributed by atoms with E-state index in [1.807, 2.05) is 24.3 Å². The van der Waals surface area contributed by atoms with E-state index in [0.717, 1.165) is 18.5 Å². The van der Waals surface area contributed by atoms with Crippen molar-refractivity contribution in [3.8, 4) is 17.6 Å². The molecule has 0 bridgehead atoms. The van der Waals surface area contributed by atoms with Gasteiger partial charge in [0.1, 0.15) is 6.07 Å². The number of hydrogen-bond donors (Lipinski definition) is 1. The zero-order chi connectivity index (χ0) is 15.7. The fraction of sp³-hybridized carbons (Fsp3) is 0.471. The molecule has 114 valence electrons. The summed E-state index contributed by atoms with van der Waals surface area (Å²) in [7, 11) is 1.60. The van der Waals surface area contributed by atoms with Crippen molar-refractivity contribution >= 4 is 6.08 Å². The average Bonchev–Trinajstić information content (AvgIpc) is 2.50. The van der Waals surface area contributed by atoms with Gasteiger partial charge in [-0.15, -0.1) is 0 Å². The predicted octanol–water partition coefficient (Wildman–Crippen LogP) is 3.39. The minimum absolute atomic E-state index is 0.0164. The van der Waals surface area contributed by atoms with Crippen LogP contribution < -0.4 is 14.8 Å². The maximum absolute atomic E-state index is 8.56. The highest BCUT2D eigenvalue weighted by Crippen LogP contribution is 2.29. The zero-order valence-electron chi connectivity index (χ0n) is 13.3. The van der Waals surface area contributed by atoms with Crippen molar-refractivity contribution in [3.05, 3.63) is 29.3 Å². The van der Waals surface area contributed by atoms with Crippen LogP contribution in [0.15, 0.2) is 23.8 Å². The van der Waals surface area contributed by atoms with Gasteiger partial charge < -0.3 is 14.8 Å². The smallest absolute Gasteiger partial charge is 0.174 e. The van der Waals surface area contributed by atoms with Crippen LogP contribution in [0.5, 0.6) is 11.5 Å². The second-order valence-electron chi connectivity index (χ2n) is 4.92. The lowest BCUT2D eigenvalue weighted by atomic mass is 10.1. The molecule has 0 aromatic heterocycles. The molecule has 0 aliphatic rings. The lowest BCUT2D eigenvalue weighted by molar-refractivity contribution is 0.329. The molecule has 0 aliphatic carbocycles. The normalized spacial score (nSPS) is 12.6. The van der Waals surface area contributed by atoms with Crippen molar-refractivity contribution in [2.75, 3.05) is 20.3 Å². The molecule has 1 aromatic carbocycles. The second kappa shape index (κ2) is 9.04.